The van der Waals surface area contributed by atoms with Crippen molar-refractivity contribution in [3.05, 3.63) is 109 Å². The van der Waals surface area contributed by atoms with Crippen LogP contribution in [0, 0.1) is 0 Å². The molecule has 0 fully saturated rings. The second-order valence-electron chi connectivity index (χ2n) is 10.9. The molecule has 0 spiro atoms. The van der Waals surface area contributed by atoms with Crippen LogP contribution in [0.15, 0.2) is 104 Å². The third-order valence-electron chi connectivity index (χ3n) is 6.73. The van der Waals surface area contributed by atoms with Gasteiger partial charge in [-0.25, -0.2) is 4.79 Å². The third kappa shape index (κ3) is 23.9. The maximum Gasteiger partial charge on any atom is 0.329 e. The van der Waals surface area contributed by atoms with Crippen LogP contribution >= 0.6 is 0 Å². The lowest BCUT2D eigenvalue weighted by Crippen LogP contribution is -2.44. The van der Waals surface area contributed by atoms with Crippen LogP contribution in [-0.4, -0.2) is 64.9 Å². The number of esters is 1. The van der Waals surface area contributed by atoms with Crippen molar-refractivity contribution in [2.45, 2.75) is 89.7 Å². The normalized spacial score (nSPS) is 13.0. The van der Waals surface area contributed by atoms with Gasteiger partial charge in [-0.1, -0.05) is 98.1 Å². The molecule has 0 aromatic carbocycles. The summed E-state index contributed by atoms with van der Waals surface area (Å²) < 4.78 is 5.12. The predicted molar refractivity (Wildman–Crippen MR) is 194 cm³/mol. The summed E-state index contributed by atoms with van der Waals surface area (Å²) in [5.74, 6) is -1.24. The van der Waals surface area contributed by atoms with Crippen molar-refractivity contribution in [2.24, 2.45) is 0 Å². The average molecular weight is 662 g/mol. The van der Waals surface area contributed by atoms with Crippen LogP contribution in [0.4, 0.5) is 0 Å². The Hall–Kier alpha value is -4.34. The number of carbonyl (C=O) groups is 3. The van der Waals surface area contributed by atoms with Gasteiger partial charge < -0.3 is 25.6 Å². The lowest BCUT2D eigenvalue weighted by molar-refractivity contribution is -0.157. The van der Waals surface area contributed by atoms with E-state index in [1.165, 1.54) is 0 Å². The first-order valence-electron chi connectivity index (χ1n) is 16.9. The van der Waals surface area contributed by atoms with Crippen molar-refractivity contribution < 1.29 is 29.3 Å². The number of allylic oxidation sites excluding steroid dienone is 12. The number of carbonyl (C=O) groups excluding carboxylic acids is 3. The SMILES string of the molecule is CC/C=C\C/C=C\C/C=C\C/C=C\C/C=C\C/C=C\CCC(=O)NCCC[C@H](NC(=O)C/C=C/c1cccnc1)C(=O)OC(CO)CO. The Morgan fingerprint density at radius 2 is 1.40 bits per heavy atom. The van der Waals surface area contributed by atoms with Gasteiger partial charge in [0.15, 0.2) is 0 Å². The van der Waals surface area contributed by atoms with E-state index < -0.39 is 31.3 Å². The molecule has 0 saturated heterocycles. The number of nitrogens with one attached hydrogen (secondary N) is 2. The van der Waals surface area contributed by atoms with Crippen LogP contribution in [0.5, 0.6) is 0 Å². The summed E-state index contributed by atoms with van der Waals surface area (Å²) in [6.45, 7) is 1.39. The number of aromatic nitrogens is 1. The average Bonchev–Trinajstić information content (AvgIpc) is 3.09. The molecule has 262 valence electrons. The third-order valence-corrected chi connectivity index (χ3v) is 6.73. The second kappa shape index (κ2) is 30.0. The molecule has 0 radical (unpaired) electrons. The van der Waals surface area contributed by atoms with E-state index in [2.05, 4.69) is 83.3 Å². The van der Waals surface area contributed by atoms with Gasteiger partial charge in [0.2, 0.25) is 11.8 Å². The highest BCUT2D eigenvalue weighted by Crippen LogP contribution is 2.06. The first-order chi connectivity index (χ1) is 23.5. The highest BCUT2D eigenvalue weighted by atomic mass is 16.6. The topological polar surface area (TPSA) is 138 Å². The monoisotopic (exact) mass is 661 g/mol. The Morgan fingerprint density at radius 3 is 1.94 bits per heavy atom. The summed E-state index contributed by atoms with van der Waals surface area (Å²) in [6, 6.07) is 2.65. The van der Waals surface area contributed by atoms with Gasteiger partial charge in [-0.3, -0.25) is 14.6 Å². The number of amides is 2. The number of aliphatic hydroxyl groups excluding tert-OH is 2. The molecule has 48 heavy (non-hydrogen) atoms. The Labute approximate surface area is 287 Å². The van der Waals surface area contributed by atoms with Gasteiger partial charge in [0.05, 0.1) is 13.2 Å². The summed E-state index contributed by atoms with van der Waals surface area (Å²) in [5, 5.41) is 24.0. The van der Waals surface area contributed by atoms with E-state index in [1.54, 1.807) is 30.6 Å². The number of rotatable bonds is 26. The molecule has 0 unspecified atom stereocenters. The van der Waals surface area contributed by atoms with Crippen molar-refractivity contribution in [2.75, 3.05) is 19.8 Å². The molecule has 1 rings (SSSR count). The number of pyridine rings is 1. The molecule has 4 N–H and O–H groups in total. The molecule has 9 heteroatoms. The van der Waals surface area contributed by atoms with Crippen LogP contribution < -0.4 is 10.6 Å². The molecule has 0 bridgehead atoms. The van der Waals surface area contributed by atoms with Crippen LogP contribution in [0.1, 0.15) is 83.1 Å². The van der Waals surface area contributed by atoms with E-state index in [-0.39, 0.29) is 24.7 Å². The number of aliphatic hydroxyl groups is 2. The van der Waals surface area contributed by atoms with E-state index >= 15 is 0 Å². The maximum absolute atomic E-state index is 12.6. The molecule has 1 heterocycles. The van der Waals surface area contributed by atoms with Crippen molar-refractivity contribution in [1.82, 2.24) is 15.6 Å². The zero-order chi connectivity index (χ0) is 34.9. The molecule has 0 aliphatic heterocycles. The molecule has 1 aromatic heterocycles. The fraction of sp³-hybridized carbons (Fsp3) is 0.436. The number of hydrogen-bond acceptors (Lipinski definition) is 7. The predicted octanol–water partition coefficient (Wildman–Crippen LogP) is 6.24. The van der Waals surface area contributed by atoms with Crippen molar-refractivity contribution in [3.63, 3.8) is 0 Å². The van der Waals surface area contributed by atoms with Gasteiger partial charge >= 0.3 is 5.97 Å². The second-order valence-corrected chi connectivity index (χ2v) is 10.9. The van der Waals surface area contributed by atoms with Gasteiger partial charge in [0.25, 0.3) is 0 Å². The largest absolute Gasteiger partial charge is 0.456 e. The smallest absolute Gasteiger partial charge is 0.329 e. The summed E-state index contributed by atoms with van der Waals surface area (Å²) in [6.07, 6.45) is 38.7. The Balaban J connectivity index is 2.27. The summed E-state index contributed by atoms with van der Waals surface area (Å²) in [4.78, 5) is 41.4. The van der Waals surface area contributed by atoms with Crippen LogP contribution in [0.2, 0.25) is 0 Å². The minimum absolute atomic E-state index is 0.0352. The summed E-state index contributed by atoms with van der Waals surface area (Å²) in [5.41, 5.74) is 0.839. The van der Waals surface area contributed by atoms with Crippen LogP contribution in [0.3, 0.4) is 0 Å². The molecular weight excluding hydrogens is 606 g/mol. The van der Waals surface area contributed by atoms with Gasteiger partial charge in [0, 0.05) is 31.8 Å². The lowest BCUT2D eigenvalue weighted by Gasteiger charge is -2.20. The van der Waals surface area contributed by atoms with Crippen molar-refractivity contribution in [1.29, 1.82) is 0 Å². The van der Waals surface area contributed by atoms with E-state index in [1.807, 2.05) is 18.2 Å². The zero-order valence-electron chi connectivity index (χ0n) is 28.4. The first-order valence-corrected chi connectivity index (χ1v) is 16.9. The highest BCUT2D eigenvalue weighted by Gasteiger charge is 2.24. The van der Waals surface area contributed by atoms with Gasteiger partial charge in [-0.2, -0.15) is 0 Å². The molecule has 1 atom stereocenters. The van der Waals surface area contributed by atoms with E-state index in [0.717, 1.165) is 44.1 Å². The fourth-order valence-electron chi connectivity index (χ4n) is 4.13. The molecule has 2 amide bonds. The number of hydrogen-bond donors (Lipinski definition) is 4. The zero-order valence-corrected chi connectivity index (χ0v) is 28.4. The molecule has 0 saturated carbocycles. The lowest BCUT2D eigenvalue weighted by atomic mass is 10.1. The van der Waals surface area contributed by atoms with E-state index in [9.17, 15) is 24.6 Å². The molecule has 0 aliphatic rings. The van der Waals surface area contributed by atoms with Crippen molar-refractivity contribution in [3.8, 4) is 0 Å². The molecule has 1 aromatic rings. The van der Waals surface area contributed by atoms with Gasteiger partial charge in [0.1, 0.15) is 12.1 Å². The number of ether oxygens (including phenoxy) is 1. The fourth-order valence-corrected chi connectivity index (χ4v) is 4.13. The van der Waals surface area contributed by atoms with Gasteiger partial charge in [-0.15, -0.1) is 0 Å². The minimum atomic E-state index is -1.07. The Morgan fingerprint density at radius 1 is 0.812 bits per heavy atom. The highest BCUT2D eigenvalue weighted by molar-refractivity contribution is 5.85. The standard InChI is InChI=1S/C39H55N3O6/c1-2-3-4-5-6-7-8-9-10-11-12-13-14-15-16-17-18-19-20-27-37(45)41-30-23-26-36(39(47)48-35(32-43)33-44)42-38(46)28-21-24-34-25-22-29-40-31-34/h3-4,6-7,9-10,12-13,15-16,18-19,21-22,24-25,29,31,35-36,43-44H,2,5,8,11,14,17,20,23,26-28,30,32-33H2,1H3,(H,41,45)(H,42,46)/b4-3-,7-6-,10-9-,13-12-,16-15-,19-18-,24-21+/t36-/m0/s1. The summed E-state index contributed by atoms with van der Waals surface area (Å²) >= 11 is 0. The first kappa shape index (κ1) is 41.7. The molecular formula is C39H55N3O6. The Bertz CT molecular complexity index is 1210. The number of nitrogens with zero attached hydrogens (tertiary/aromatic N) is 1. The molecule has 0 aliphatic carbocycles. The van der Waals surface area contributed by atoms with Gasteiger partial charge in [-0.05, 0) is 69.4 Å². The minimum Gasteiger partial charge on any atom is -0.456 e. The quantitative estimate of drug-likeness (QED) is 0.0524. The van der Waals surface area contributed by atoms with E-state index in [0.29, 0.717) is 25.8 Å². The van der Waals surface area contributed by atoms with Crippen molar-refractivity contribution >= 4 is 23.9 Å². The molecule has 9 nitrogen and oxygen atoms in total. The summed E-state index contributed by atoms with van der Waals surface area (Å²) in [7, 11) is 0. The maximum atomic E-state index is 12.6. The van der Waals surface area contributed by atoms with Crippen LogP contribution in [0.25, 0.3) is 6.08 Å². The van der Waals surface area contributed by atoms with Crippen LogP contribution in [-0.2, 0) is 19.1 Å². The van der Waals surface area contributed by atoms with E-state index in [4.69, 9.17) is 4.74 Å². The Kier molecular flexibility index (Phi) is 26.1.